The Kier molecular flexibility index (Phi) is 8.22. The number of ether oxygens (including phenoxy) is 1. The topological polar surface area (TPSA) is 131 Å². The standard InChI is InChI=1S/C23H18ClF4N7O2S/c24-14-7-12(1-3-15(14)25)10-37-17-8-13(2-4-16(17)35-38-11-23(26,27)28)20-19(21(29)36)22(34-33-20)32-18-9-30-5-6-31-18/h1-9,35H,10-11H2,(H2,29,36)(H2,31,32,33,34). The number of alkyl halides is 3. The zero-order valence-electron chi connectivity index (χ0n) is 19.1. The molecule has 9 nitrogen and oxygen atoms in total. The van der Waals surface area contributed by atoms with Gasteiger partial charge in [-0.2, -0.15) is 18.3 Å². The fourth-order valence-electron chi connectivity index (χ4n) is 3.23. The van der Waals surface area contributed by atoms with Gasteiger partial charge in [-0.1, -0.05) is 23.7 Å². The van der Waals surface area contributed by atoms with E-state index in [1.807, 2.05) is 0 Å². The molecule has 5 N–H and O–H groups in total. The first kappa shape index (κ1) is 27.0. The molecule has 2 aromatic heterocycles. The lowest BCUT2D eigenvalue weighted by Gasteiger charge is -2.15. The Labute approximate surface area is 222 Å². The van der Waals surface area contributed by atoms with Crippen molar-refractivity contribution in [1.29, 1.82) is 0 Å². The van der Waals surface area contributed by atoms with Crippen LogP contribution in [0, 0.1) is 5.82 Å². The van der Waals surface area contributed by atoms with Crippen molar-refractivity contribution in [2.75, 3.05) is 15.8 Å². The fourth-order valence-corrected chi connectivity index (χ4v) is 4.00. The number of nitrogens with zero attached hydrogens (tertiary/aromatic N) is 3. The van der Waals surface area contributed by atoms with Crippen LogP contribution in [0.2, 0.25) is 5.02 Å². The van der Waals surface area contributed by atoms with E-state index in [0.29, 0.717) is 28.9 Å². The summed E-state index contributed by atoms with van der Waals surface area (Å²) in [6.45, 7) is -0.0762. The number of anilines is 3. The molecule has 0 saturated carbocycles. The molecule has 0 fully saturated rings. The quantitative estimate of drug-likeness (QED) is 0.142. The van der Waals surface area contributed by atoms with Crippen molar-refractivity contribution in [3.05, 3.63) is 77.0 Å². The number of carbonyl (C=O) groups excluding carboxylic acids is 1. The molecular formula is C23H18ClF4N7O2S. The molecule has 0 aliphatic heterocycles. The molecule has 0 aliphatic rings. The van der Waals surface area contributed by atoms with Crippen molar-refractivity contribution in [1.82, 2.24) is 20.2 Å². The van der Waals surface area contributed by atoms with Gasteiger partial charge in [0.15, 0.2) is 5.82 Å². The third-order valence-corrected chi connectivity index (χ3v) is 6.01. The maximum Gasteiger partial charge on any atom is 0.399 e. The van der Waals surface area contributed by atoms with Crippen LogP contribution >= 0.6 is 23.5 Å². The first-order chi connectivity index (χ1) is 18.1. The van der Waals surface area contributed by atoms with Crippen LogP contribution in [0.5, 0.6) is 5.75 Å². The number of carbonyl (C=O) groups is 1. The summed E-state index contributed by atoms with van der Waals surface area (Å²) in [5.74, 6) is -1.99. The highest BCUT2D eigenvalue weighted by Gasteiger charge is 2.27. The second-order valence-corrected chi connectivity index (χ2v) is 8.84. The number of hydrogen-bond donors (Lipinski definition) is 4. The number of nitrogens with one attached hydrogen (secondary N) is 3. The van der Waals surface area contributed by atoms with Gasteiger partial charge in [0, 0.05) is 18.0 Å². The van der Waals surface area contributed by atoms with E-state index >= 15 is 0 Å². The number of rotatable bonds is 10. The highest BCUT2D eigenvalue weighted by molar-refractivity contribution is 8.00. The predicted molar refractivity (Wildman–Crippen MR) is 136 cm³/mol. The molecule has 0 atom stereocenters. The number of halogens is 5. The number of hydrogen-bond acceptors (Lipinski definition) is 8. The SMILES string of the molecule is NC(=O)c1c(Nc2cnccn2)n[nH]c1-c1ccc(NSCC(F)(F)F)c(OCc2ccc(F)c(Cl)c2)c1. The maximum atomic E-state index is 13.5. The van der Waals surface area contributed by atoms with Crippen molar-refractivity contribution < 1.29 is 27.1 Å². The van der Waals surface area contributed by atoms with Gasteiger partial charge in [-0.05, 0) is 41.8 Å². The number of benzene rings is 2. The maximum absolute atomic E-state index is 13.5. The van der Waals surface area contributed by atoms with Crippen molar-refractivity contribution in [2.24, 2.45) is 5.73 Å². The largest absolute Gasteiger partial charge is 0.487 e. The molecule has 15 heteroatoms. The second-order valence-electron chi connectivity index (χ2n) is 7.66. The van der Waals surface area contributed by atoms with E-state index < -0.39 is 23.7 Å². The van der Waals surface area contributed by atoms with Crippen LogP contribution < -0.4 is 20.5 Å². The van der Waals surface area contributed by atoms with Crippen LogP contribution in [0.1, 0.15) is 15.9 Å². The van der Waals surface area contributed by atoms with Gasteiger partial charge in [0.05, 0.1) is 22.6 Å². The molecule has 2 aromatic carbocycles. The first-order valence-corrected chi connectivity index (χ1v) is 12.0. The number of primary amides is 1. The third kappa shape index (κ3) is 6.83. The van der Waals surface area contributed by atoms with Gasteiger partial charge in [0.2, 0.25) is 0 Å². The summed E-state index contributed by atoms with van der Waals surface area (Å²) in [7, 11) is 0. The van der Waals surface area contributed by atoms with Gasteiger partial charge in [-0.15, -0.1) is 0 Å². The predicted octanol–water partition coefficient (Wildman–Crippen LogP) is 5.70. The van der Waals surface area contributed by atoms with Crippen molar-refractivity contribution in [2.45, 2.75) is 12.8 Å². The molecule has 4 rings (SSSR count). The van der Waals surface area contributed by atoms with Crippen LogP contribution in [-0.4, -0.2) is 38.0 Å². The summed E-state index contributed by atoms with van der Waals surface area (Å²) < 4.78 is 59.9. The molecule has 0 radical (unpaired) electrons. The average Bonchev–Trinajstić information content (AvgIpc) is 3.29. The highest BCUT2D eigenvalue weighted by Crippen LogP contribution is 2.36. The number of amides is 1. The Bertz CT molecular complexity index is 1440. The van der Waals surface area contributed by atoms with Crippen molar-refractivity contribution in [3.8, 4) is 17.0 Å². The summed E-state index contributed by atoms with van der Waals surface area (Å²) in [6.07, 6.45) is -0.0470. The van der Waals surface area contributed by atoms with Crippen LogP contribution in [0.25, 0.3) is 11.3 Å². The van der Waals surface area contributed by atoms with E-state index in [1.165, 1.54) is 48.9 Å². The van der Waals surface area contributed by atoms with Gasteiger partial charge in [-0.25, -0.2) is 9.37 Å². The Hall–Kier alpha value is -4.04. The summed E-state index contributed by atoms with van der Waals surface area (Å²) in [6, 6.07) is 8.52. The fraction of sp³-hybridized carbons (Fsp3) is 0.130. The monoisotopic (exact) mass is 567 g/mol. The highest BCUT2D eigenvalue weighted by atomic mass is 35.5. The Morgan fingerprint density at radius 2 is 2.00 bits per heavy atom. The molecule has 0 saturated heterocycles. The van der Waals surface area contributed by atoms with E-state index in [4.69, 9.17) is 22.1 Å². The number of aromatic amines is 1. The number of nitrogens with two attached hydrogens (primary N) is 1. The van der Waals surface area contributed by atoms with E-state index in [9.17, 15) is 22.4 Å². The van der Waals surface area contributed by atoms with Gasteiger partial charge in [0.1, 0.15) is 35.3 Å². The van der Waals surface area contributed by atoms with Crippen molar-refractivity contribution in [3.63, 3.8) is 0 Å². The molecule has 0 spiro atoms. The lowest BCUT2D eigenvalue weighted by Crippen LogP contribution is -2.14. The molecule has 1 amide bonds. The smallest absolute Gasteiger partial charge is 0.399 e. The van der Waals surface area contributed by atoms with E-state index in [2.05, 4.69) is 30.2 Å². The van der Waals surface area contributed by atoms with Crippen molar-refractivity contribution >= 4 is 46.8 Å². The molecule has 0 aliphatic carbocycles. The van der Waals surface area contributed by atoms with Gasteiger partial charge < -0.3 is 20.5 Å². The van der Waals surface area contributed by atoms with Gasteiger partial charge >= 0.3 is 6.18 Å². The minimum atomic E-state index is -4.39. The van der Waals surface area contributed by atoms with Crippen LogP contribution in [0.15, 0.2) is 55.0 Å². The number of H-pyrrole nitrogens is 1. The minimum absolute atomic E-state index is 0.0130. The summed E-state index contributed by atoms with van der Waals surface area (Å²) in [5.41, 5.74) is 7.01. The third-order valence-electron chi connectivity index (χ3n) is 4.89. The first-order valence-electron chi connectivity index (χ1n) is 10.7. The average molecular weight is 568 g/mol. The lowest BCUT2D eigenvalue weighted by molar-refractivity contribution is -0.105. The van der Waals surface area contributed by atoms with E-state index in [0.717, 1.165) is 0 Å². The normalized spacial score (nSPS) is 11.3. The summed E-state index contributed by atoms with van der Waals surface area (Å²) >= 11 is 6.25. The second kappa shape index (κ2) is 11.6. The van der Waals surface area contributed by atoms with E-state index in [-0.39, 0.29) is 40.1 Å². The molecular weight excluding hydrogens is 550 g/mol. The minimum Gasteiger partial charge on any atom is -0.487 e. The molecule has 0 bridgehead atoms. The zero-order valence-corrected chi connectivity index (χ0v) is 20.7. The zero-order chi connectivity index (χ0) is 27.3. The Morgan fingerprint density at radius 3 is 2.68 bits per heavy atom. The Balaban J connectivity index is 1.65. The Morgan fingerprint density at radius 1 is 1.18 bits per heavy atom. The number of aromatic nitrogens is 4. The summed E-state index contributed by atoms with van der Waals surface area (Å²) in [4.78, 5) is 20.3. The summed E-state index contributed by atoms with van der Waals surface area (Å²) in [5, 5.41) is 9.60. The van der Waals surface area contributed by atoms with E-state index in [1.54, 1.807) is 6.07 Å². The molecule has 0 unspecified atom stereocenters. The molecule has 2 heterocycles. The molecule has 38 heavy (non-hydrogen) atoms. The van der Waals surface area contributed by atoms with Gasteiger partial charge in [0.25, 0.3) is 5.91 Å². The molecule has 198 valence electrons. The van der Waals surface area contributed by atoms with Crippen LogP contribution in [0.3, 0.4) is 0 Å². The van der Waals surface area contributed by atoms with Gasteiger partial charge in [-0.3, -0.25) is 14.9 Å². The lowest BCUT2D eigenvalue weighted by atomic mass is 10.1. The molecule has 4 aromatic rings. The van der Waals surface area contributed by atoms with Crippen LogP contribution in [0.4, 0.5) is 34.9 Å². The van der Waals surface area contributed by atoms with Crippen LogP contribution in [-0.2, 0) is 6.61 Å².